The summed E-state index contributed by atoms with van der Waals surface area (Å²) >= 11 is 0. The zero-order chi connectivity index (χ0) is 16.0. The lowest BCUT2D eigenvalue weighted by Crippen LogP contribution is -2.31. The molecule has 1 rings (SSSR count). The topological polar surface area (TPSA) is 78.4 Å². The van der Waals surface area contributed by atoms with E-state index in [1.807, 2.05) is 0 Å². The van der Waals surface area contributed by atoms with Gasteiger partial charge in [0.2, 0.25) is 0 Å². The van der Waals surface area contributed by atoms with Crippen molar-refractivity contribution in [3.8, 4) is 0 Å². The van der Waals surface area contributed by atoms with Crippen LogP contribution in [-0.2, 0) is 0 Å². The number of benzene rings is 1. The summed E-state index contributed by atoms with van der Waals surface area (Å²) in [5, 5.41) is 13.0. The monoisotopic (exact) mass is 308 g/mol. The first-order valence-corrected chi connectivity index (χ1v) is 5.84. The van der Waals surface area contributed by atoms with Gasteiger partial charge in [0.1, 0.15) is 11.4 Å². The van der Waals surface area contributed by atoms with Crippen LogP contribution >= 0.6 is 0 Å². The van der Waals surface area contributed by atoms with E-state index in [9.17, 15) is 27.2 Å². The second-order valence-corrected chi connectivity index (χ2v) is 4.07. The first-order chi connectivity index (χ1) is 9.70. The maximum Gasteiger partial charge on any atom is 0.389 e. The number of carboxylic acids is 1. The maximum absolute atomic E-state index is 13.3. The molecule has 0 unspecified atom stereocenters. The third-order valence-corrected chi connectivity index (χ3v) is 2.40. The van der Waals surface area contributed by atoms with E-state index < -0.39 is 36.0 Å². The Labute approximate surface area is 117 Å². The molecule has 0 aromatic heterocycles. The van der Waals surface area contributed by atoms with Crippen molar-refractivity contribution < 1.29 is 32.3 Å². The summed E-state index contributed by atoms with van der Waals surface area (Å²) in [6.07, 6.45) is -5.67. The molecule has 0 saturated carbocycles. The van der Waals surface area contributed by atoms with Crippen molar-refractivity contribution in [1.82, 2.24) is 5.32 Å². The number of carbonyl (C=O) groups excluding carboxylic acids is 1. The van der Waals surface area contributed by atoms with Gasteiger partial charge in [-0.3, -0.25) is 0 Å². The van der Waals surface area contributed by atoms with E-state index >= 15 is 0 Å². The molecule has 21 heavy (non-hydrogen) atoms. The predicted octanol–water partition coefficient (Wildman–Crippen LogP) is 2.99. The summed E-state index contributed by atoms with van der Waals surface area (Å²) < 4.78 is 48.9. The molecule has 0 fully saturated rings. The van der Waals surface area contributed by atoms with E-state index in [0.717, 1.165) is 6.07 Å². The van der Waals surface area contributed by atoms with Crippen LogP contribution in [-0.4, -0.2) is 29.8 Å². The fourth-order valence-electron chi connectivity index (χ4n) is 1.50. The molecule has 0 aliphatic rings. The molecule has 116 valence electrons. The van der Waals surface area contributed by atoms with Gasteiger partial charge >= 0.3 is 18.2 Å². The molecule has 0 saturated heterocycles. The van der Waals surface area contributed by atoms with Crippen LogP contribution in [0.2, 0.25) is 0 Å². The third kappa shape index (κ3) is 5.67. The zero-order valence-corrected chi connectivity index (χ0v) is 10.6. The van der Waals surface area contributed by atoms with Gasteiger partial charge in [-0.1, -0.05) is 6.07 Å². The summed E-state index contributed by atoms with van der Waals surface area (Å²) in [5.74, 6) is -2.60. The Bertz CT molecular complexity index is 532. The van der Waals surface area contributed by atoms with Crippen LogP contribution in [0.15, 0.2) is 18.2 Å². The van der Waals surface area contributed by atoms with E-state index in [1.165, 1.54) is 12.1 Å². The Kier molecular flexibility index (Phi) is 5.51. The molecule has 2 amide bonds. The van der Waals surface area contributed by atoms with Gasteiger partial charge in [0, 0.05) is 13.0 Å². The SMILES string of the molecule is O=C(NCCCC(F)(F)F)Nc1cccc(F)c1C(=O)O. The maximum atomic E-state index is 13.3. The van der Waals surface area contributed by atoms with E-state index in [4.69, 9.17) is 5.11 Å². The molecule has 0 aliphatic heterocycles. The van der Waals surface area contributed by atoms with E-state index in [2.05, 4.69) is 10.6 Å². The standard InChI is InChI=1S/C12H12F4N2O3/c13-7-3-1-4-8(9(7)10(19)20)18-11(21)17-6-2-5-12(14,15)16/h1,3-4H,2,5-6H2,(H,19,20)(H2,17,18,21). The van der Waals surface area contributed by atoms with Gasteiger partial charge in [-0.05, 0) is 18.6 Å². The van der Waals surface area contributed by atoms with E-state index in [0.29, 0.717) is 0 Å². The first-order valence-electron chi connectivity index (χ1n) is 5.84. The summed E-state index contributed by atoms with van der Waals surface area (Å²) in [6.45, 7) is -0.247. The largest absolute Gasteiger partial charge is 0.478 e. The number of carboxylic acid groups (broad SMARTS) is 1. The predicted molar refractivity (Wildman–Crippen MR) is 65.7 cm³/mol. The van der Waals surface area contributed by atoms with Gasteiger partial charge in [-0.2, -0.15) is 13.2 Å². The minimum absolute atomic E-state index is 0.247. The number of hydrogen-bond acceptors (Lipinski definition) is 2. The van der Waals surface area contributed by atoms with Crippen molar-refractivity contribution in [3.63, 3.8) is 0 Å². The van der Waals surface area contributed by atoms with E-state index in [1.54, 1.807) is 0 Å². The van der Waals surface area contributed by atoms with Crippen LogP contribution in [0.4, 0.5) is 28.0 Å². The highest BCUT2D eigenvalue weighted by Crippen LogP contribution is 2.21. The molecular formula is C12H12F4N2O3. The van der Waals surface area contributed by atoms with Crippen LogP contribution in [0, 0.1) is 5.82 Å². The van der Waals surface area contributed by atoms with Gasteiger partial charge in [0.15, 0.2) is 0 Å². The number of nitrogens with one attached hydrogen (secondary N) is 2. The first kappa shape index (κ1) is 16.7. The van der Waals surface area contributed by atoms with Crippen LogP contribution in [0.1, 0.15) is 23.2 Å². The number of alkyl halides is 3. The molecular weight excluding hydrogens is 296 g/mol. The van der Waals surface area contributed by atoms with Crippen molar-refractivity contribution in [3.05, 3.63) is 29.6 Å². The number of hydrogen-bond donors (Lipinski definition) is 3. The molecule has 0 atom stereocenters. The fourth-order valence-corrected chi connectivity index (χ4v) is 1.50. The minimum Gasteiger partial charge on any atom is -0.478 e. The van der Waals surface area contributed by atoms with Gasteiger partial charge in [-0.15, -0.1) is 0 Å². The van der Waals surface area contributed by atoms with Crippen LogP contribution in [0.5, 0.6) is 0 Å². The molecule has 0 bridgehead atoms. The van der Waals surface area contributed by atoms with Crippen molar-refractivity contribution in [2.75, 3.05) is 11.9 Å². The van der Waals surface area contributed by atoms with Crippen LogP contribution in [0.25, 0.3) is 0 Å². The third-order valence-electron chi connectivity index (χ3n) is 2.40. The number of urea groups is 1. The zero-order valence-electron chi connectivity index (χ0n) is 10.6. The van der Waals surface area contributed by atoms with Gasteiger partial charge in [0.05, 0.1) is 5.69 Å². The molecule has 0 heterocycles. The number of rotatable bonds is 5. The quantitative estimate of drug-likeness (QED) is 0.578. The molecule has 9 heteroatoms. The van der Waals surface area contributed by atoms with Crippen molar-refractivity contribution in [2.45, 2.75) is 19.0 Å². The fraction of sp³-hybridized carbons (Fsp3) is 0.333. The number of anilines is 1. The van der Waals surface area contributed by atoms with Gasteiger partial charge in [0.25, 0.3) is 0 Å². The highest BCUT2D eigenvalue weighted by molar-refractivity contribution is 6.00. The van der Waals surface area contributed by atoms with Crippen LogP contribution in [0.3, 0.4) is 0 Å². The lowest BCUT2D eigenvalue weighted by molar-refractivity contribution is -0.135. The van der Waals surface area contributed by atoms with Crippen molar-refractivity contribution >= 4 is 17.7 Å². The average molecular weight is 308 g/mol. The smallest absolute Gasteiger partial charge is 0.389 e. The highest BCUT2D eigenvalue weighted by atomic mass is 19.4. The Hall–Kier alpha value is -2.32. The lowest BCUT2D eigenvalue weighted by Gasteiger charge is -2.11. The molecule has 1 aromatic carbocycles. The summed E-state index contributed by atoms with van der Waals surface area (Å²) in [5.41, 5.74) is -1.00. The van der Waals surface area contributed by atoms with Gasteiger partial charge < -0.3 is 15.7 Å². The molecule has 1 aromatic rings. The summed E-state index contributed by atoms with van der Waals surface area (Å²) in [6, 6.07) is 2.36. The second kappa shape index (κ2) is 6.91. The lowest BCUT2D eigenvalue weighted by atomic mass is 10.1. The normalized spacial score (nSPS) is 11.0. The number of carbonyl (C=O) groups is 2. The highest BCUT2D eigenvalue weighted by Gasteiger charge is 2.26. The molecule has 0 radical (unpaired) electrons. The Morgan fingerprint density at radius 3 is 2.48 bits per heavy atom. The molecule has 0 aliphatic carbocycles. The Morgan fingerprint density at radius 2 is 1.90 bits per heavy atom. The number of halogens is 4. The Morgan fingerprint density at radius 1 is 1.24 bits per heavy atom. The van der Waals surface area contributed by atoms with Crippen LogP contribution < -0.4 is 10.6 Å². The van der Waals surface area contributed by atoms with Gasteiger partial charge in [-0.25, -0.2) is 14.0 Å². The molecule has 0 spiro atoms. The second-order valence-electron chi connectivity index (χ2n) is 4.07. The minimum atomic E-state index is -4.31. The molecule has 5 nitrogen and oxygen atoms in total. The Balaban J connectivity index is 2.56. The summed E-state index contributed by atoms with van der Waals surface area (Å²) in [4.78, 5) is 22.3. The van der Waals surface area contributed by atoms with E-state index in [-0.39, 0.29) is 18.7 Å². The number of aromatic carboxylic acids is 1. The summed E-state index contributed by atoms with van der Waals surface area (Å²) in [7, 11) is 0. The average Bonchev–Trinajstić information content (AvgIpc) is 2.33. The van der Waals surface area contributed by atoms with Crippen molar-refractivity contribution in [2.24, 2.45) is 0 Å². The number of amides is 2. The molecule has 3 N–H and O–H groups in total. The van der Waals surface area contributed by atoms with Crippen molar-refractivity contribution in [1.29, 1.82) is 0 Å².